The molecular weight excluding hydrogens is 164 g/mol. The van der Waals surface area contributed by atoms with Crippen molar-refractivity contribution in [3.8, 4) is 0 Å². The molecule has 0 aromatic heterocycles. The van der Waals surface area contributed by atoms with Crippen molar-refractivity contribution in [3.63, 3.8) is 0 Å². The van der Waals surface area contributed by atoms with E-state index in [0.29, 0.717) is 0 Å². The van der Waals surface area contributed by atoms with Crippen LogP contribution in [0, 0.1) is 0 Å². The quantitative estimate of drug-likeness (QED) is 0.608. The molecule has 0 fully saturated rings. The normalized spacial score (nSPS) is 21.5. The van der Waals surface area contributed by atoms with E-state index in [4.69, 9.17) is 5.11 Å². The average Bonchev–Trinajstić information content (AvgIpc) is 2.34. The Morgan fingerprint density at radius 3 is 1.91 bits per heavy atom. The third-order valence-electron chi connectivity index (χ3n) is 1.46. The molecule has 4 heteroatoms. The van der Waals surface area contributed by atoms with E-state index in [-0.39, 0.29) is 5.12 Å². The predicted octanol–water partition coefficient (Wildman–Crippen LogP) is 2.06. The topological polar surface area (TPSA) is 54.4 Å². The molecule has 1 heterocycles. The molecule has 1 N–H and O–H groups in total. The van der Waals surface area contributed by atoms with E-state index in [1.807, 2.05) is 0 Å². The van der Waals surface area contributed by atoms with Crippen LogP contribution in [-0.2, 0) is 4.79 Å². The van der Waals surface area contributed by atoms with Gasteiger partial charge in [0.1, 0.15) is 0 Å². The lowest BCUT2D eigenvalue weighted by Gasteiger charge is -2.20. The summed E-state index contributed by atoms with van der Waals surface area (Å²) in [5.41, 5.74) is 0. The monoisotopic (exact) mass is 172 g/mol. The Morgan fingerprint density at radius 2 is 1.73 bits per heavy atom. The van der Waals surface area contributed by atoms with Gasteiger partial charge in [0.15, 0.2) is 5.12 Å². The number of carboxylic acid groups (broad SMARTS) is 1. The van der Waals surface area contributed by atoms with Crippen molar-refractivity contribution in [2.45, 2.75) is 6.92 Å². The summed E-state index contributed by atoms with van der Waals surface area (Å²) in [6.07, 6.45) is 3.20. The molecule has 0 atom stereocenters. The Morgan fingerprint density at radius 1 is 1.27 bits per heavy atom. The highest BCUT2D eigenvalue weighted by molar-refractivity contribution is 8.59. The highest BCUT2D eigenvalue weighted by Crippen LogP contribution is 2.54. The summed E-state index contributed by atoms with van der Waals surface area (Å²) >= 11 is 0. The zero-order valence-electron chi connectivity index (χ0n) is 5.98. The van der Waals surface area contributed by atoms with Crippen LogP contribution in [0.15, 0.2) is 23.0 Å². The first-order valence-electron chi connectivity index (χ1n) is 3.01. The van der Waals surface area contributed by atoms with Crippen molar-refractivity contribution in [1.82, 2.24) is 0 Å². The van der Waals surface area contributed by atoms with Crippen LogP contribution in [0.5, 0.6) is 0 Å². The fourth-order valence-corrected chi connectivity index (χ4v) is 2.44. The first-order chi connectivity index (χ1) is 5.09. The molecule has 60 valence electrons. The van der Waals surface area contributed by atoms with Gasteiger partial charge >= 0.3 is 5.30 Å². The molecule has 0 spiro atoms. The Hall–Kier alpha value is -1.03. The third-order valence-corrected chi connectivity index (χ3v) is 4.16. The molecule has 1 aliphatic heterocycles. The van der Waals surface area contributed by atoms with Crippen LogP contribution in [-0.4, -0.2) is 15.5 Å². The minimum absolute atomic E-state index is 0.282. The second-order valence-corrected chi connectivity index (χ2v) is 5.01. The smallest absolute Gasteiger partial charge is 0.361 e. The van der Waals surface area contributed by atoms with E-state index in [1.54, 1.807) is 12.2 Å². The second kappa shape index (κ2) is 2.54. The van der Waals surface area contributed by atoms with Crippen molar-refractivity contribution in [2.24, 2.45) is 0 Å². The van der Waals surface area contributed by atoms with Gasteiger partial charge in [-0.15, -0.1) is 0 Å². The first-order valence-corrected chi connectivity index (χ1v) is 4.77. The summed E-state index contributed by atoms with van der Waals surface area (Å²) in [6.45, 7) is 1.31. The highest BCUT2D eigenvalue weighted by atomic mass is 32.3. The molecule has 0 radical (unpaired) electrons. The molecular formula is C7H8O3S. The van der Waals surface area contributed by atoms with Gasteiger partial charge in [0.2, 0.25) is 0 Å². The van der Waals surface area contributed by atoms with Crippen molar-refractivity contribution >= 4 is 20.4 Å². The highest BCUT2D eigenvalue weighted by Gasteiger charge is 2.33. The lowest BCUT2D eigenvalue weighted by atomic mass is 10.6. The van der Waals surface area contributed by atoms with Crippen LogP contribution >= 0.6 is 10.0 Å². The van der Waals surface area contributed by atoms with Gasteiger partial charge in [0.05, 0.1) is 0 Å². The minimum Gasteiger partial charge on any atom is -0.473 e. The summed E-state index contributed by atoms with van der Waals surface area (Å²) in [6, 6.07) is 0. The van der Waals surface area contributed by atoms with E-state index in [1.165, 1.54) is 17.7 Å². The summed E-state index contributed by atoms with van der Waals surface area (Å²) in [5.74, 6) is 0. The number of carbonyl (C=O) groups is 2. The van der Waals surface area contributed by atoms with Crippen LogP contribution in [0.1, 0.15) is 6.92 Å². The molecule has 0 amide bonds. The minimum atomic E-state index is -2.28. The Labute approximate surface area is 65.7 Å². The van der Waals surface area contributed by atoms with E-state index < -0.39 is 15.3 Å². The SMILES string of the molecule is CC(=O)S1(C(=O)O)C=CC=C1. The summed E-state index contributed by atoms with van der Waals surface area (Å²) in [4.78, 5) is 21.6. The molecule has 3 nitrogen and oxygen atoms in total. The van der Waals surface area contributed by atoms with Gasteiger partial charge < -0.3 is 5.11 Å². The number of carbonyl (C=O) groups excluding carboxylic acids is 1. The zero-order valence-corrected chi connectivity index (χ0v) is 6.80. The summed E-state index contributed by atoms with van der Waals surface area (Å²) in [7, 11) is -2.28. The van der Waals surface area contributed by atoms with E-state index in [9.17, 15) is 9.59 Å². The van der Waals surface area contributed by atoms with Crippen molar-refractivity contribution in [3.05, 3.63) is 23.0 Å². The Balaban J connectivity index is 3.09. The Kier molecular flexibility index (Phi) is 1.87. The van der Waals surface area contributed by atoms with Crippen LogP contribution in [0.25, 0.3) is 0 Å². The number of rotatable bonds is 0. The molecule has 0 aromatic rings. The molecule has 0 bridgehead atoms. The van der Waals surface area contributed by atoms with Crippen LogP contribution in [0.3, 0.4) is 0 Å². The van der Waals surface area contributed by atoms with E-state index in [2.05, 4.69) is 0 Å². The maximum Gasteiger partial charge on any atom is 0.361 e. The van der Waals surface area contributed by atoms with Gasteiger partial charge in [-0.3, -0.25) is 4.79 Å². The predicted molar refractivity (Wildman–Crippen MR) is 44.6 cm³/mol. The van der Waals surface area contributed by atoms with E-state index in [0.717, 1.165) is 0 Å². The van der Waals surface area contributed by atoms with Gasteiger partial charge in [-0.05, 0) is 20.8 Å². The number of hydrogen-bond acceptors (Lipinski definition) is 2. The molecule has 1 rings (SSSR count). The van der Waals surface area contributed by atoms with Gasteiger partial charge in [0.25, 0.3) is 0 Å². The summed E-state index contributed by atoms with van der Waals surface area (Å²) < 4.78 is 0. The lowest BCUT2D eigenvalue weighted by molar-refractivity contribution is -0.109. The van der Waals surface area contributed by atoms with Crippen LogP contribution in [0.4, 0.5) is 4.79 Å². The molecule has 0 saturated heterocycles. The van der Waals surface area contributed by atoms with Crippen molar-refractivity contribution in [1.29, 1.82) is 0 Å². The number of hydrogen-bond donors (Lipinski definition) is 1. The fourth-order valence-electron chi connectivity index (χ4n) is 0.815. The first kappa shape index (κ1) is 8.07. The van der Waals surface area contributed by atoms with Gasteiger partial charge in [-0.25, -0.2) is 4.79 Å². The van der Waals surface area contributed by atoms with Crippen molar-refractivity contribution < 1.29 is 14.7 Å². The van der Waals surface area contributed by atoms with Crippen LogP contribution < -0.4 is 0 Å². The second-order valence-electron chi connectivity index (χ2n) is 2.12. The number of allylic oxidation sites excluding steroid dienone is 2. The van der Waals surface area contributed by atoms with Crippen LogP contribution in [0.2, 0.25) is 0 Å². The molecule has 0 unspecified atom stereocenters. The van der Waals surface area contributed by atoms with Gasteiger partial charge in [-0.2, -0.15) is 0 Å². The molecule has 1 aliphatic rings. The average molecular weight is 172 g/mol. The summed E-state index contributed by atoms with van der Waals surface area (Å²) in [5, 5.41) is 10.4. The standard InChI is InChI=1S/C7H8O3S/c1-6(8)11(7(9)10)4-2-3-5-11/h2-5H,1H3,(H,9,10). The fraction of sp³-hybridized carbons (Fsp3) is 0.143. The third kappa shape index (κ3) is 1.09. The maximum atomic E-state index is 11.0. The maximum absolute atomic E-state index is 11.0. The molecule has 0 aliphatic carbocycles. The largest absolute Gasteiger partial charge is 0.473 e. The molecule has 0 saturated carbocycles. The lowest BCUT2D eigenvalue weighted by Crippen LogP contribution is -2.11. The Bertz CT molecular complexity index is 237. The zero-order chi connectivity index (χ0) is 8.48. The van der Waals surface area contributed by atoms with E-state index >= 15 is 0 Å². The van der Waals surface area contributed by atoms with Gasteiger partial charge in [0, 0.05) is 6.92 Å². The molecule has 11 heavy (non-hydrogen) atoms. The van der Waals surface area contributed by atoms with Crippen molar-refractivity contribution in [2.75, 3.05) is 0 Å². The molecule has 0 aromatic carbocycles. The van der Waals surface area contributed by atoms with Gasteiger partial charge in [-0.1, -0.05) is 12.2 Å².